The predicted molar refractivity (Wildman–Crippen MR) is 66.5 cm³/mol. The first-order valence-corrected chi connectivity index (χ1v) is 6.62. The van der Waals surface area contributed by atoms with Gasteiger partial charge in [-0.15, -0.1) is 0 Å². The van der Waals surface area contributed by atoms with Crippen molar-refractivity contribution in [1.82, 2.24) is 0 Å². The van der Waals surface area contributed by atoms with Gasteiger partial charge in [-0.25, -0.2) is 0 Å². The molecule has 0 unspecified atom stereocenters. The third-order valence-electron chi connectivity index (χ3n) is 3.49. The summed E-state index contributed by atoms with van der Waals surface area (Å²) in [6.07, 6.45) is 9.94. The van der Waals surface area contributed by atoms with E-state index in [-0.39, 0.29) is 5.54 Å². The molecule has 0 aromatic heterocycles. The molecule has 0 aromatic carbocycles. The third-order valence-corrected chi connectivity index (χ3v) is 3.49. The minimum atomic E-state index is 0.0983. The van der Waals surface area contributed by atoms with Crippen LogP contribution >= 0.6 is 0 Å². The molecule has 16 heavy (non-hydrogen) atoms. The number of nitrogens with two attached hydrogens (primary N) is 1. The molecule has 0 saturated heterocycles. The molecule has 0 bridgehead atoms. The van der Waals surface area contributed by atoms with Crippen LogP contribution in [0.3, 0.4) is 0 Å². The van der Waals surface area contributed by atoms with E-state index in [4.69, 9.17) is 15.2 Å². The van der Waals surface area contributed by atoms with Gasteiger partial charge in [0.1, 0.15) is 0 Å². The van der Waals surface area contributed by atoms with Crippen LogP contribution in [-0.2, 0) is 9.47 Å². The van der Waals surface area contributed by atoms with Crippen molar-refractivity contribution in [3.8, 4) is 0 Å². The van der Waals surface area contributed by atoms with E-state index in [1.54, 1.807) is 7.11 Å². The molecule has 1 fully saturated rings. The van der Waals surface area contributed by atoms with E-state index < -0.39 is 0 Å². The van der Waals surface area contributed by atoms with Crippen molar-refractivity contribution in [2.45, 2.75) is 56.9 Å². The monoisotopic (exact) mass is 229 g/mol. The van der Waals surface area contributed by atoms with Gasteiger partial charge >= 0.3 is 0 Å². The lowest BCUT2D eigenvalue weighted by Crippen LogP contribution is -2.39. The van der Waals surface area contributed by atoms with Crippen molar-refractivity contribution in [3.05, 3.63) is 0 Å². The van der Waals surface area contributed by atoms with Crippen LogP contribution in [0.4, 0.5) is 0 Å². The number of methoxy groups -OCH3 is 1. The molecule has 1 aliphatic rings. The fourth-order valence-corrected chi connectivity index (χ4v) is 2.45. The molecule has 0 amide bonds. The van der Waals surface area contributed by atoms with E-state index >= 15 is 0 Å². The molecule has 1 aliphatic carbocycles. The molecule has 2 N–H and O–H groups in total. The molecule has 0 aromatic rings. The highest BCUT2D eigenvalue weighted by Crippen LogP contribution is 2.28. The van der Waals surface area contributed by atoms with Crippen molar-refractivity contribution in [2.75, 3.05) is 26.9 Å². The number of hydrogen-bond acceptors (Lipinski definition) is 3. The summed E-state index contributed by atoms with van der Waals surface area (Å²) in [4.78, 5) is 0. The Morgan fingerprint density at radius 3 is 2.31 bits per heavy atom. The lowest BCUT2D eigenvalue weighted by atomic mass is 9.87. The van der Waals surface area contributed by atoms with E-state index in [2.05, 4.69) is 0 Å². The van der Waals surface area contributed by atoms with Gasteiger partial charge in [0.25, 0.3) is 0 Å². The standard InChI is InChI=1S/C13H27NO2/c1-15-11-12-16-10-6-9-13(14)7-4-2-3-5-8-13/h2-12,14H2,1H3. The quantitative estimate of drug-likeness (QED) is 0.539. The summed E-state index contributed by atoms with van der Waals surface area (Å²) in [6, 6.07) is 0. The Balaban J connectivity index is 2.05. The summed E-state index contributed by atoms with van der Waals surface area (Å²) < 4.78 is 10.4. The summed E-state index contributed by atoms with van der Waals surface area (Å²) in [5, 5.41) is 0. The SMILES string of the molecule is COCCOCCCC1(N)CCCCCC1. The van der Waals surface area contributed by atoms with Gasteiger partial charge in [0, 0.05) is 19.3 Å². The second-order valence-electron chi connectivity index (χ2n) is 4.99. The topological polar surface area (TPSA) is 44.5 Å². The molecule has 0 radical (unpaired) electrons. The van der Waals surface area contributed by atoms with Crippen molar-refractivity contribution in [2.24, 2.45) is 5.73 Å². The van der Waals surface area contributed by atoms with Crippen LogP contribution < -0.4 is 5.73 Å². The first-order chi connectivity index (χ1) is 7.77. The van der Waals surface area contributed by atoms with Crippen LogP contribution in [-0.4, -0.2) is 32.5 Å². The smallest absolute Gasteiger partial charge is 0.0700 e. The first-order valence-electron chi connectivity index (χ1n) is 6.62. The molecular formula is C13H27NO2. The van der Waals surface area contributed by atoms with Gasteiger partial charge in [0.2, 0.25) is 0 Å². The Hall–Kier alpha value is -0.120. The predicted octanol–water partition coefficient (Wildman–Crippen LogP) is 2.48. The maximum Gasteiger partial charge on any atom is 0.0700 e. The zero-order valence-electron chi connectivity index (χ0n) is 10.7. The van der Waals surface area contributed by atoms with Crippen molar-refractivity contribution >= 4 is 0 Å². The molecule has 96 valence electrons. The Kier molecular flexibility index (Phi) is 7.01. The van der Waals surface area contributed by atoms with E-state index in [1.807, 2.05) is 0 Å². The lowest BCUT2D eigenvalue weighted by molar-refractivity contribution is 0.0660. The summed E-state index contributed by atoms with van der Waals surface area (Å²) in [7, 11) is 1.70. The number of rotatable bonds is 7. The molecule has 0 aliphatic heterocycles. The molecule has 0 spiro atoms. The fraction of sp³-hybridized carbons (Fsp3) is 1.00. The number of ether oxygens (including phenoxy) is 2. The normalized spacial score (nSPS) is 20.6. The first kappa shape index (κ1) is 13.9. The highest BCUT2D eigenvalue weighted by Gasteiger charge is 2.25. The van der Waals surface area contributed by atoms with Crippen LogP contribution in [0.15, 0.2) is 0 Å². The molecule has 0 atom stereocenters. The molecule has 3 nitrogen and oxygen atoms in total. The maximum absolute atomic E-state index is 6.42. The van der Waals surface area contributed by atoms with E-state index in [0.717, 1.165) is 19.4 Å². The maximum atomic E-state index is 6.42. The molecule has 3 heteroatoms. The Morgan fingerprint density at radius 1 is 1.00 bits per heavy atom. The number of hydrogen-bond donors (Lipinski definition) is 1. The molecular weight excluding hydrogens is 202 g/mol. The summed E-state index contributed by atoms with van der Waals surface area (Å²) >= 11 is 0. The van der Waals surface area contributed by atoms with E-state index in [1.165, 1.54) is 38.5 Å². The van der Waals surface area contributed by atoms with Crippen molar-refractivity contribution in [1.29, 1.82) is 0 Å². The Morgan fingerprint density at radius 2 is 1.69 bits per heavy atom. The second-order valence-corrected chi connectivity index (χ2v) is 4.99. The van der Waals surface area contributed by atoms with Crippen LogP contribution in [0.5, 0.6) is 0 Å². The van der Waals surface area contributed by atoms with Gasteiger partial charge < -0.3 is 15.2 Å². The van der Waals surface area contributed by atoms with Crippen molar-refractivity contribution in [3.63, 3.8) is 0 Å². The average molecular weight is 229 g/mol. The summed E-state index contributed by atoms with van der Waals surface area (Å²) in [6.45, 7) is 2.21. The minimum absolute atomic E-state index is 0.0983. The highest BCUT2D eigenvalue weighted by molar-refractivity contribution is 4.85. The van der Waals surface area contributed by atoms with Gasteiger partial charge in [-0.1, -0.05) is 25.7 Å². The zero-order valence-corrected chi connectivity index (χ0v) is 10.7. The van der Waals surface area contributed by atoms with Gasteiger partial charge in [0.15, 0.2) is 0 Å². The van der Waals surface area contributed by atoms with Crippen LogP contribution in [0.2, 0.25) is 0 Å². The van der Waals surface area contributed by atoms with E-state index in [0.29, 0.717) is 13.2 Å². The Bertz CT molecular complexity index is 165. The molecule has 0 heterocycles. The van der Waals surface area contributed by atoms with Crippen LogP contribution in [0.25, 0.3) is 0 Å². The minimum Gasteiger partial charge on any atom is -0.382 e. The van der Waals surface area contributed by atoms with E-state index in [9.17, 15) is 0 Å². The average Bonchev–Trinajstić information content (AvgIpc) is 2.49. The summed E-state index contributed by atoms with van der Waals surface area (Å²) in [5.41, 5.74) is 6.52. The second kappa shape index (κ2) is 8.04. The van der Waals surface area contributed by atoms with Crippen LogP contribution in [0, 0.1) is 0 Å². The highest BCUT2D eigenvalue weighted by atomic mass is 16.5. The fourth-order valence-electron chi connectivity index (χ4n) is 2.45. The van der Waals surface area contributed by atoms with Gasteiger partial charge in [0.05, 0.1) is 13.2 Å². The Labute approximate surface area is 99.7 Å². The third kappa shape index (κ3) is 5.83. The molecule has 1 saturated carbocycles. The van der Waals surface area contributed by atoms with Gasteiger partial charge in [-0.3, -0.25) is 0 Å². The summed E-state index contributed by atoms with van der Waals surface area (Å²) in [5.74, 6) is 0. The van der Waals surface area contributed by atoms with Crippen LogP contribution in [0.1, 0.15) is 51.4 Å². The van der Waals surface area contributed by atoms with Crippen molar-refractivity contribution < 1.29 is 9.47 Å². The molecule has 1 rings (SSSR count). The van der Waals surface area contributed by atoms with Gasteiger partial charge in [-0.05, 0) is 25.7 Å². The largest absolute Gasteiger partial charge is 0.382 e. The lowest BCUT2D eigenvalue weighted by Gasteiger charge is -2.28. The van der Waals surface area contributed by atoms with Gasteiger partial charge in [-0.2, -0.15) is 0 Å². The zero-order chi connectivity index (χ0) is 11.7.